The lowest BCUT2D eigenvalue weighted by atomic mass is 10.2. The van der Waals surface area contributed by atoms with Gasteiger partial charge in [-0.25, -0.2) is 5.01 Å². The number of furan rings is 1. The van der Waals surface area contributed by atoms with Crippen LogP contribution in [0.15, 0.2) is 57.1 Å². The second-order valence-corrected chi connectivity index (χ2v) is 4.98. The number of rotatable bonds is 3. The van der Waals surface area contributed by atoms with Gasteiger partial charge in [0.25, 0.3) is 5.91 Å². The zero-order valence-corrected chi connectivity index (χ0v) is 11.2. The molecule has 4 nitrogen and oxygen atoms in total. The largest absolute Gasteiger partial charge is 0.463 e. The van der Waals surface area contributed by atoms with Gasteiger partial charge in [-0.1, -0.05) is 0 Å². The van der Waals surface area contributed by atoms with E-state index in [4.69, 9.17) is 4.42 Å². The number of carbonyl (C=O) groups excluding carboxylic acids is 1. The van der Waals surface area contributed by atoms with E-state index in [0.29, 0.717) is 11.5 Å². The first-order valence-electron chi connectivity index (χ1n) is 5.86. The van der Waals surface area contributed by atoms with Crippen molar-refractivity contribution in [2.75, 3.05) is 11.3 Å². The summed E-state index contributed by atoms with van der Waals surface area (Å²) in [4.78, 5) is 13.2. The molecule has 1 aromatic carbocycles. The number of benzene rings is 1. The monoisotopic (exact) mass is 272 g/mol. The molecule has 0 aliphatic carbocycles. The molecule has 0 N–H and O–H groups in total. The van der Waals surface area contributed by atoms with Gasteiger partial charge in [0.05, 0.1) is 18.4 Å². The van der Waals surface area contributed by atoms with Crippen molar-refractivity contribution in [3.05, 3.63) is 48.4 Å². The third-order valence-corrected chi connectivity index (χ3v) is 3.64. The van der Waals surface area contributed by atoms with E-state index in [2.05, 4.69) is 5.10 Å². The molecule has 0 unspecified atom stereocenters. The molecule has 2 heterocycles. The number of carbonyl (C=O) groups is 1. The van der Waals surface area contributed by atoms with Gasteiger partial charge in [0.1, 0.15) is 11.5 Å². The summed E-state index contributed by atoms with van der Waals surface area (Å²) in [5.74, 6) is 0.611. The van der Waals surface area contributed by atoms with Crippen LogP contribution >= 0.6 is 11.8 Å². The molecule has 0 atom stereocenters. The standard InChI is InChI=1S/C14H12N2O2S/c1-19-11-6-4-10(5-7-11)16-14(17)9-12(15-16)13-3-2-8-18-13/h2-8H,9H2,1H3. The van der Waals surface area contributed by atoms with Gasteiger partial charge >= 0.3 is 0 Å². The van der Waals surface area contributed by atoms with Gasteiger partial charge in [0, 0.05) is 4.90 Å². The van der Waals surface area contributed by atoms with Crippen molar-refractivity contribution in [1.29, 1.82) is 0 Å². The summed E-state index contributed by atoms with van der Waals surface area (Å²) >= 11 is 1.67. The summed E-state index contributed by atoms with van der Waals surface area (Å²) in [6.45, 7) is 0. The topological polar surface area (TPSA) is 45.8 Å². The molecule has 0 radical (unpaired) electrons. The SMILES string of the molecule is CSc1ccc(N2N=C(c3ccco3)CC2=O)cc1. The Bertz CT molecular complexity index is 617. The summed E-state index contributed by atoms with van der Waals surface area (Å²) in [6, 6.07) is 11.4. The highest BCUT2D eigenvalue weighted by Crippen LogP contribution is 2.25. The Balaban J connectivity index is 1.89. The highest BCUT2D eigenvalue weighted by atomic mass is 32.2. The van der Waals surface area contributed by atoms with Crippen LogP contribution in [0.4, 0.5) is 5.69 Å². The van der Waals surface area contributed by atoms with Crippen molar-refractivity contribution >= 4 is 29.1 Å². The molecule has 0 spiro atoms. The number of amides is 1. The van der Waals surface area contributed by atoms with Crippen LogP contribution in [0.3, 0.4) is 0 Å². The smallest absolute Gasteiger partial charge is 0.253 e. The molecule has 0 saturated carbocycles. The Morgan fingerprint density at radius 3 is 2.68 bits per heavy atom. The van der Waals surface area contributed by atoms with E-state index in [1.165, 1.54) is 5.01 Å². The van der Waals surface area contributed by atoms with Gasteiger partial charge < -0.3 is 4.42 Å². The number of hydrogen-bond donors (Lipinski definition) is 0. The molecule has 1 aromatic heterocycles. The third kappa shape index (κ3) is 2.29. The first-order valence-corrected chi connectivity index (χ1v) is 7.09. The second-order valence-electron chi connectivity index (χ2n) is 4.10. The fourth-order valence-corrected chi connectivity index (χ4v) is 2.34. The van der Waals surface area contributed by atoms with E-state index < -0.39 is 0 Å². The van der Waals surface area contributed by atoms with Gasteiger partial charge in [0.15, 0.2) is 0 Å². The average Bonchev–Trinajstić information content (AvgIpc) is 3.08. The number of hydrogen-bond acceptors (Lipinski definition) is 4. The average molecular weight is 272 g/mol. The molecule has 3 rings (SSSR count). The Hall–Kier alpha value is -2.01. The predicted octanol–water partition coefficient (Wildman–Crippen LogP) is 3.14. The third-order valence-electron chi connectivity index (χ3n) is 2.90. The minimum absolute atomic E-state index is 0.0386. The first-order chi connectivity index (χ1) is 9.28. The van der Waals surface area contributed by atoms with Gasteiger partial charge in [-0.15, -0.1) is 11.8 Å². The summed E-state index contributed by atoms with van der Waals surface area (Å²) in [5, 5.41) is 5.77. The van der Waals surface area contributed by atoms with Crippen LogP contribution < -0.4 is 5.01 Å². The lowest BCUT2D eigenvalue weighted by Gasteiger charge is -2.11. The lowest BCUT2D eigenvalue weighted by molar-refractivity contribution is -0.116. The van der Waals surface area contributed by atoms with E-state index in [0.717, 1.165) is 10.6 Å². The fourth-order valence-electron chi connectivity index (χ4n) is 1.93. The highest BCUT2D eigenvalue weighted by molar-refractivity contribution is 7.98. The Kier molecular flexibility index (Phi) is 3.13. The highest BCUT2D eigenvalue weighted by Gasteiger charge is 2.27. The van der Waals surface area contributed by atoms with Gasteiger partial charge in [0.2, 0.25) is 0 Å². The molecule has 1 aliphatic rings. The molecule has 1 aliphatic heterocycles. The summed E-state index contributed by atoms with van der Waals surface area (Å²) in [5.41, 5.74) is 1.45. The van der Waals surface area contributed by atoms with E-state index in [1.807, 2.05) is 36.6 Å². The maximum Gasteiger partial charge on any atom is 0.253 e. The first kappa shape index (κ1) is 12.0. The maximum atomic E-state index is 12.0. The minimum Gasteiger partial charge on any atom is -0.463 e. The van der Waals surface area contributed by atoms with Crippen LogP contribution in [-0.4, -0.2) is 17.9 Å². The van der Waals surface area contributed by atoms with Gasteiger partial charge in [-0.05, 0) is 42.7 Å². The van der Waals surface area contributed by atoms with Crippen molar-refractivity contribution in [3.8, 4) is 0 Å². The second kappa shape index (κ2) is 4.93. The van der Waals surface area contributed by atoms with Crippen LogP contribution in [0.2, 0.25) is 0 Å². The van der Waals surface area contributed by atoms with Gasteiger partial charge in [-0.2, -0.15) is 5.10 Å². The van der Waals surface area contributed by atoms with Crippen LogP contribution in [0.1, 0.15) is 12.2 Å². The van der Waals surface area contributed by atoms with Crippen molar-refractivity contribution in [2.45, 2.75) is 11.3 Å². The Morgan fingerprint density at radius 1 is 1.26 bits per heavy atom. The summed E-state index contributed by atoms with van der Waals surface area (Å²) in [6.07, 6.45) is 3.87. The summed E-state index contributed by atoms with van der Waals surface area (Å²) < 4.78 is 5.27. The minimum atomic E-state index is -0.0386. The number of anilines is 1. The summed E-state index contributed by atoms with van der Waals surface area (Å²) in [7, 11) is 0. The molecular formula is C14H12N2O2S. The molecule has 2 aromatic rings. The Labute approximate surface area is 115 Å². The van der Waals surface area contributed by atoms with Crippen molar-refractivity contribution in [3.63, 3.8) is 0 Å². The molecule has 0 fully saturated rings. The molecule has 19 heavy (non-hydrogen) atoms. The van der Waals surface area contributed by atoms with E-state index in [9.17, 15) is 4.79 Å². The zero-order chi connectivity index (χ0) is 13.2. The van der Waals surface area contributed by atoms with Gasteiger partial charge in [-0.3, -0.25) is 4.79 Å². The molecule has 5 heteroatoms. The zero-order valence-electron chi connectivity index (χ0n) is 10.4. The molecule has 0 bridgehead atoms. The maximum absolute atomic E-state index is 12.0. The van der Waals surface area contributed by atoms with Crippen LogP contribution in [0.25, 0.3) is 0 Å². The van der Waals surface area contributed by atoms with Crippen molar-refractivity contribution < 1.29 is 9.21 Å². The normalized spacial score (nSPS) is 14.9. The number of nitrogens with zero attached hydrogens (tertiary/aromatic N) is 2. The predicted molar refractivity (Wildman–Crippen MR) is 75.6 cm³/mol. The van der Waals surface area contributed by atoms with Crippen LogP contribution in [-0.2, 0) is 4.79 Å². The number of hydrazone groups is 1. The van der Waals surface area contributed by atoms with Crippen LogP contribution in [0.5, 0.6) is 0 Å². The van der Waals surface area contributed by atoms with E-state index in [-0.39, 0.29) is 12.3 Å². The molecule has 96 valence electrons. The van der Waals surface area contributed by atoms with E-state index in [1.54, 1.807) is 24.1 Å². The molecule has 0 saturated heterocycles. The van der Waals surface area contributed by atoms with Crippen LogP contribution in [0, 0.1) is 0 Å². The molecular weight excluding hydrogens is 260 g/mol. The van der Waals surface area contributed by atoms with Crippen molar-refractivity contribution in [2.24, 2.45) is 5.10 Å². The Morgan fingerprint density at radius 2 is 2.05 bits per heavy atom. The number of thioether (sulfide) groups is 1. The molecule has 1 amide bonds. The lowest BCUT2D eigenvalue weighted by Crippen LogP contribution is -2.19. The van der Waals surface area contributed by atoms with E-state index >= 15 is 0 Å². The fraction of sp³-hybridized carbons (Fsp3) is 0.143. The van der Waals surface area contributed by atoms with Crippen molar-refractivity contribution in [1.82, 2.24) is 0 Å². The quantitative estimate of drug-likeness (QED) is 0.806.